The fraction of sp³-hybridized carbons (Fsp3) is 0.857. The molecule has 2 N–H and O–H groups in total. The molecule has 0 saturated carbocycles. The second kappa shape index (κ2) is 6.10. The molecule has 114 valence electrons. The number of carboxylic acid groups (broad SMARTS) is 1. The van der Waals surface area contributed by atoms with E-state index in [1.165, 1.54) is 0 Å². The van der Waals surface area contributed by atoms with Gasteiger partial charge < -0.3 is 15.3 Å². The van der Waals surface area contributed by atoms with E-state index in [-0.39, 0.29) is 11.8 Å². The second-order valence-electron chi connectivity index (χ2n) is 6.20. The maximum absolute atomic E-state index is 12.7. The number of nitrogens with zero attached hydrogens (tertiary/aromatic N) is 2. The van der Waals surface area contributed by atoms with Crippen molar-refractivity contribution >= 4 is 11.9 Å². The third kappa shape index (κ3) is 3.12. The summed E-state index contributed by atoms with van der Waals surface area (Å²) in [5.74, 6) is -0.900. The van der Waals surface area contributed by atoms with Gasteiger partial charge in [0.25, 0.3) is 0 Å². The molecular formula is C14H25N3O3. The van der Waals surface area contributed by atoms with Crippen LogP contribution in [0.15, 0.2) is 0 Å². The smallest absolute Gasteiger partial charge is 0.306 e. The van der Waals surface area contributed by atoms with Crippen LogP contribution in [-0.4, -0.2) is 71.6 Å². The normalized spacial score (nSPS) is 22.8. The maximum atomic E-state index is 12.7. The van der Waals surface area contributed by atoms with Gasteiger partial charge in [-0.05, 0) is 26.7 Å². The van der Waals surface area contributed by atoms with Gasteiger partial charge in [-0.15, -0.1) is 0 Å². The molecule has 0 radical (unpaired) electrons. The van der Waals surface area contributed by atoms with Crippen molar-refractivity contribution in [3.05, 3.63) is 0 Å². The Morgan fingerprint density at radius 1 is 1.10 bits per heavy atom. The highest BCUT2D eigenvalue weighted by atomic mass is 16.4. The van der Waals surface area contributed by atoms with Gasteiger partial charge >= 0.3 is 5.97 Å². The number of hydrogen-bond acceptors (Lipinski definition) is 4. The van der Waals surface area contributed by atoms with Gasteiger partial charge in [-0.1, -0.05) is 0 Å². The number of piperazine rings is 1. The minimum absolute atomic E-state index is 0.128. The minimum Gasteiger partial charge on any atom is -0.481 e. The van der Waals surface area contributed by atoms with Gasteiger partial charge in [0.05, 0.1) is 11.5 Å². The van der Waals surface area contributed by atoms with Crippen molar-refractivity contribution in [2.75, 3.05) is 39.3 Å². The quantitative estimate of drug-likeness (QED) is 0.762. The molecule has 0 spiro atoms. The Morgan fingerprint density at radius 3 is 2.15 bits per heavy atom. The molecule has 2 aliphatic heterocycles. The van der Waals surface area contributed by atoms with Crippen LogP contribution >= 0.6 is 0 Å². The molecule has 6 heteroatoms. The Hall–Kier alpha value is -1.14. The predicted octanol–water partition coefficient (Wildman–Crippen LogP) is -0.00660. The molecule has 20 heavy (non-hydrogen) atoms. The van der Waals surface area contributed by atoms with Gasteiger partial charge in [0.15, 0.2) is 0 Å². The first-order valence-corrected chi connectivity index (χ1v) is 7.41. The molecular weight excluding hydrogens is 258 g/mol. The predicted molar refractivity (Wildman–Crippen MR) is 75.5 cm³/mol. The zero-order chi connectivity index (χ0) is 14.8. The highest BCUT2D eigenvalue weighted by Gasteiger charge is 2.39. The molecule has 1 amide bonds. The SMILES string of the molecule is CC(C)(C(=O)N1CCC(C(=O)O)CC1)N1CCNCC1. The lowest BCUT2D eigenvalue weighted by Crippen LogP contribution is -2.61. The van der Waals surface area contributed by atoms with Crippen LogP contribution in [0.4, 0.5) is 0 Å². The zero-order valence-corrected chi connectivity index (χ0v) is 12.4. The summed E-state index contributed by atoms with van der Waals surface area (Å²) in [6.07, 6.45) is 1.14. The van der Waals surface area contributed by atoms with E-state index in [9.17, 15) is 9.59 Å². The van der Waals surface area contributed by atoms with Crippen molar-refractivity contribution in [1.82, 2.24) is 15.1 Å². The minimum atomic E-state index is -0.738. The van der Waals surface area contributed by atoms with E-state index >= 15 is 0 Å². The molecule has 2 heterocycles. The highest BCUT2D eigenvalue weighted by Crippen LogP contribution is 2.23. The van der Waals surface area contributed by atoms with E-state index in [0.29, 0.717) is 25.9 Å². The van der Waals surface area contributed by atoms with E-state index in [0.717, 1.165) is 26.2 Å². The molecule has 0 unspecified atom stereocenters. The second-order valence-corrected chi connectivity index (χ2v) is 6.20. The number of carboxylic acids is 1. The van der Waals surface area contributed by atoms with Crippen LogP contribution in [0.1, 0.15) is 26.7 Å². The monoisotopic (exact) mass is 283 g/mol. The molecule has 0 atom stereocenters. The van der Waals surface area contributed by atoms with Crippen LogP contribution in [0.3, 0.4) is 0 Å². The van der Waals surface area contributed by atoms with Gasteiger partial charge in [-0.25, -0.2) is 0 Å². The summed E-state index contributed by atoms with van der Waals surface area (Å²) in [5, 5.41) is 12.3. The largest absolute Gasteiger partial charge is 0.481 e. The first-order chi connectivity index (χ1) is 9.43. The standard InChI is InChI=1S/C14H25N3O3/c1-14(2,17-9-5-15-6-10-17)13(20)16-7-3-11(4-8-16)12(18)19/h11,15H,3-10H2,1-2H3,(H,18,19). The van der Waals surface area contributed by atoms with Crippen LogP contribution in [0.2, 0.25) is 0 Å². The van der Waals surface area contributed by atoms with Crippen molar-refractivity contribution < 1.29 is 14.7 Å². The maximum Gasteiger partial charge on any atom is 0.306 e. The van der Waals surface area contributed by atoms with Gasteiger partial charge in [-0.3, -0.25) is 14.5 Å². The van der Waals surface area contributed by atoms with Crippen molar-refractivity contribution in [3.63, 3.8) is 0 Å². The Bertz CT molecular complexity index is 370. The number of carbonyl (C=O) groups is 2. The molecule has 0 aliphatic carbocycles. The fourth-order valence-corrected chi connectivity index (χ4v) is 3.08. The van der Waals surface area contributed by atoms with Crippen LogP contribution in [0, 0.1) is 5.92 Å². The lowest BCUT2D eigenvalue weighted by Gasteiger charge is -2.43. The first-order valence-electron chi connectivity index (χ1n) is 7.41. The Kier molecular flexibility index (Phi) is 4.65. The summed E-state index contributed by atoms with van der Waals surface area (Å²) in [6, 6.07) is 0. The number of likely N-dealkylation sites (tertiary alicyclic amines) is 1. The van der Waals surface area contributed by atoms with Gasteiger partial charge in [0, 0.05) is 39.3 Å². The lowest BCUT2D eigenvalue weighted by atomic mass is 9.93. The van der Waals surface area contributed by atoms with Crippen LogP contribution in [0.25, 0.3) is 0 Å². The fourth-order valence-electron chi connectivity index (χ4n) is 3.08. The van der Waals surface area contributed by atoms with Crippen molar-refractivity contribution in [2.45, 2.75) is 32.2 Å². The number of nitrogens with one attached hydrogen (secondary N) is 1. The number of carbonyl (C=O) groups excluding carboxylic acids is 1. The molecule has 2 aliphatic rings. The van der Waals surface area contributed by atoms with Crippen molar-refractivity contribution in [3.8, 4) is 0 Å². The van der Waals surface area contributed by atoms with Gasteiger partial charge in [0.2, 0.25) is 5.91 Å². The summed E-state index contributed by atoms with van der Waals surface area (Å²) in [7, 11) is 0. The summed E-state index contributed by atoms with van der Waals surface area (Å²) in [4.78, 5) is 27.7. The molecule has 2 rings (SSSR count). The average molecular weight is 283 g/mol. The van der Waals surface area contributed by atoms with Gasteiger partial charge in [-0.2, -0.15) is 0 Å². The molecule has 0 aromatic rings. The lowest BCUT2D eigenvalue weighted by molar-refractivity contribution is -0.150. The molecule has 2 saturated heterocycles. The van der Waals surface area contributed by atoms with Crippen LogP contribution in [-0.2, 0) is 9.59 Å². The number of rotatable bonds is 3. The van der Waals surface area contributed by atoms with E-state index < -0.39 is 11.5 Å². The Morgan fingerprint density at radius 2 is 1.65 bits per heavy atom. The first kappa shape index (κ1) is 15.3. The van der Waals surface area contributed by atoms with Crippen LogP contribution < -0.4 is 5.32 Å². The summed E-state index contributed by atoms with van der Waals surface area (Å²) < 4.78 is 0. The number of hydrogen-bond donors (Lipinski definition) is 2. The van der Waals surface area contributed by atoms with E-state index in [2.05, 4.69) is 10.2 Å². The van der Waals surface area contributed by atoms with Crippen molar-refractivity contribution in [2.24, 2.45) is 5.92 Å². The van der Waals surface area contributed by atoms with E-state index in [1.807, 2.05) is 18.7 Å². The van der Waals surface area contributed by atoms with Crippen LogP contribution in [0.5, 0.6) is 0 Å². The molecule has 2 fully saturated rings. The summed E-state index contributed by atoms with van der Waals surface area (Å²) >= 11 is 0. The zero-order valence-electron chi connectivity index (χ0n) is 12.4. The summed E-state index contributed by atoms with van der Waals surface area (Å²) in [6.45, 7) is 8.66. The molecule has 0 bridgehead atoms. The van der Waals surface area contributed by atoms with E-state index in [4.69, 9.17) is 5.11 Å². The third-order valence-corrected chi connectivity index (χ3v) is 4.56. The Balaban J connectivity index is 1.95. The number of amides is 1. The molecule has 0 aromatic heterocycles. The average Bonchev–Trinajstić information content (AvgIpc) is 2.47. The highest BCUT2D eigenvalue weighted by molar-refractivity contribution is 5.85. The van der Waals surface area contributed by atoms with Gasteiger partial charge in [0.1, 0.15) is 0 Å². The number of piperidine rings is 1. The molecule has 0 aromatic carbocycles. The molecule has 6 nitrogen and oxygen atoms in total. The Labute approximate surface area is 120 Å². The van der Waals surface area contributed by atoms with E-state index in [1.54, 1.807) is 0 Å². The van der Waals surface area contributed by atoms with Crippen molar-refractivity contribution in [1.29, 1.82) is 0 Å². The summed E-state index contributed by atoms with van der Waals surface area (Å²) in [5.41, 5.74) is -0.502. The number of aliphatic carboxylic acids is 1. The topological polar surface area (TPSA) is 72.9 Å². The third-order valence-electron chi connectivity index (χ3n) is 4.56.